The molecule has 16 heavy (non-hydrogen) atoms. The lowest BCUT2D eigenvalue weighted by molar-refractivity contribution is 0.307. The van der Waals surface area contributed by atoms with E-state index in [0.29, 0.717) is 5.41 Å². The zero-order valence-corrected chi connectivity index (χ0v) is 11.4. The topological polar surface area (TPSA) is 24.9 Å². The van der Waals surface area contributed by atoms with Gasteiger partial charge < -0.3 is 5.32 Å². The summed E-state index contributed by atoms with van der Waals surface area (Å²) < 4.78 is 1.05. The van der Waals surface area contributed by atoms with Gasteiger partial charge in [0.2, 0.25) is 0 Å². The second kappa shape index (κ2) is 5.17. The smallest absolute Gasteiger partial charge is 0.0590 e. The van der Waals surface area contributed by atoms with Gasteiger partial charge in [-0.25, -0.2) is 0 Å². The molecule has 0 saturated heterocycles. The molecule has 0 aliphatic heterocycles. The van der Waals surface area contributed by atoms with E-state index in [-0.39, 0.29) is 0 Å². The Morgan fingerprint density at radius 3 is 2.81 bits per heavy atom. The average molecular weight is 283 g/mol. The Morgan fingerprint density at radius 2 is 2.19 bits per heavy atom. The maximum Gasteiger partial charge on any atom is 0.0590 e. The SMILES string of the molecule is CCC1(CNc2ccncc2Br)CCCC1. The normalized spacial score (nSPS) is 18.6. The Kier molecular flexibility index (Phi) is 3.85. The van der Waals surface area contributed by atoms with E-state index in [9.17, 15) is 0 Å². The van der Waals surface area contributed by atoms with Gasteiger partial charge in [0.05, 0.1) is 10.2 Å². The van der Waals surface area contributed by atoms with Gasteiger partial charge in [0.25, 0.3) is 0 Å². The van der Waals surface area contributed by atoms with Crippen molar-refractivity contribution in [2.24, 2.45) is 5.41 Å². The summed E-state index contributed by atoms with van der Waals surface area (Å²) in [5.41, 5.74) is 1.69. The zero-order chi connectivity index (χ0) is 11.4. The quantitative estimate of drug-likeness (QED) is 0.894. The standard InChI is InChI=1S/C13H19BrN2/c1-2-13(6-3-4-7-13)10-16-12-5-8-15-9-11(12)14/h5,8-9H,2-4,6-7,10H2,1H3,(H,15,16). The molecule has 2 nitrogen and oxygen atoms in total. The monoisotopic (exact) mass is 282 g/mol. The number of hydrogen-bond donors (Lipinski definition) is 1. The molecule has 1 aromatic rings. The van der Waals surface area contributed by atoms with E-state index in [2.05, 4.69) is 33.2 Å². The van der Waals surface area contributed by atoms with E-state index in [1.807, 2.05) is 18.5 Å². The highest BCUT2D eigenvalue weighted by atomic mass is 79.9. The fraction of sp³-hybridized carbons (Fsp3) is 0.615. The summed E-state index contributed by atoms with van der Waals surface area (Å²) in [6.07, 6.45) is 10.5. The van der Waals surface area contributed by atoms with E-state index in [1.54, 1.807) is 0 Å². The van der Waals surface area contributed by atoms with Crippen molar-refractivity contribution in [1.82, 2.24) is 4.98 Å². The van der Waals surface area contributed by atoms with Gasteiger partial charge in [-0.1, -0.05) is 19.8 Å². The van der Waals surface area contributed by atoms with Crippen molar-refractivity contribution in [2.45, 2.75) is 39.0 Å². The van der Waals surface area contributed by atoms with Crippen molar-refractivity contribution in [2.75, 3.05) is 11.9 Å². The number of hydrogen-bond acceptors (Lipinski definition) is 2. The van der Waals surface area contributed by atoms with Crippen LogP contribution in [0.5, 0.6) is 0 Å². The molecule has 0 unspecified atom stereocenters. The number of anilines is 1. The third kappa shape index (κ3) is 2.57. The van der Waals surface area contributed by atoms with Crippen molar-refractivity contribution in [1.29, 1.82) is 0 Å². The van der Waals surface area contributed by atoms with E-state index in [4.69, 9.17) is 0 Å². The van der Waals surface area contributed by atoms with Crippen LogP contribution in [0.4, 0.5) is 5.69 Å². The summed E-state index contributed by atoms with van der Waals surface area (Å²) in [4.78, 5) is 4.08. The average Bonchev–Trinajstić information content (AvgIpc) is 2.78. The molecule has 1 saturated carbocycles. The summed E-state index contributed by atoms with van der Waals surface area (Å²) in [5, 5.41) is 3.56. The van der Waals surface area contributed by atoms with E-state index >= 15 is 0 Å². The molecule has 1 heterocycles. The summed E-state index contributed by atoms with van der Waals surface area (Å²) >= 11 is 3.52. The van der Waals surface area contributed by atoms with Crippen LogP contribution in [0.3, 0.4) is 0 Å². The van der Waals surface area contributed by atoms with Crippen LogP contribution in [-0.2, 0) is 0 Å². The van der Waals surface area contributed by atoms with Gasteiger partial charge in [0, 0.05) is 18.9 Å². The van der Waals surface area contributed by atoms with Crippen LogP contribution in [0.1, 0.15) is 39.0 Å². The van der Waals surface area contributed by atoms with Crippen LogP contribution in [0.15, 0.2) is 22.9 Å². The van der Waals surface area contributed by atoms with Crippen molar-refractivity contribution in [3.63, 3.8) is 0 Å². The first-order chi connectivity index (χ1) is 7.76. The van der Waals surface area contributed by atoms with Gasteiger partial charge in [0.15, 0.2) is 0 Å². The van der Waals surface area contributed by atoms with E-state index < -0.39 is 0 Å². The summed E-state index contributed by atoms with van der Waals surface area (Å²) in [5.74, 6) is 0. The molecule has 1 aliphatic rings. The largest absolute Gasteiger partial charge is 0.383 e. The number of halogens is 1. The minimum absolute atomic E-state index is 0.530. The molecule has 1 aliphatic carbocycles. The number of pyridine rings is 1. The number of nitrogens with one attached hydrogen (secondary N) is 1. The third-order valence-corrected chi connectivity index (χ3v) is 4.47. The predicted octanol–water partition coefficient (Wildman–Crippen LogP) is 4.23. The van der Waals surface area contributed by atoms with Crippen LogP contribution in [0.2, 0.25) is 0 Å². The van der Waals surface area contributed by atoms with Crippen LogP contribution >= 0.6 is 15.9 Å². The van der Waals surface area contributed by atoms with E-state index in [1.165, 1.54) is 32.1 Å². The molecular formula is C13H19BrN2. The van der Waals surface area contributed by atoms with Gasteiger partial charge >= 0.3 is 0 Å². The molecule has 2 rings (SSSR count). The third-order valence-electron chi connectivity index (χ3n) is 3.84. The fourth-order valence-corrected chi connectivity index (χ4v) is 2.97. The summed E-state index contributed by atoms with van der Waals surface area (Å²) in [6, 6.07) is 2.03. The molecule has 0 radical (unpaired) electrons. The lowest BCUT2D eigenvalue weighted by Crippen LogP contribution is -2.26. The first-order valence-electron chi connectivity index (χ1n) is 6.09. The molecule has 1 N–H and O–H groups in total. The fourth-order valence-electron chi connectivity index (χ4n) is 2.58. The minimum atomic E-state index is 0.530. The highest BCUT2D eigenvalue weighted by Gasteiger charge is 2.31. The first kappa shape index (κ1) is 11.9. The molecule has 88 valence electrons. The van der Waals surface area contributed by atoms with Gasteiger partial charge in [-0.05, 0) is 46.7 Å². The summed E-state index contributed by atoms with van der Waals surface area (Å²) in [6.45, 7) is 3.40. The Bertz CT molecular complexity index is 346. The lowest BCUT2D eigenvalue weighted by atomic mass is 9.83. The van der Waals surface area contributed by atoms with Crippen molar-refractivity contribution in [3.05, 3.63) is 22.9 Å². The maximum atomic E-state index is 4.08. The predicted molar refractivity (Wildman–Crippen MR) is 71.6 cm³/mol. The Morgan fingerprint density at radius 1 is 1.44 bits per heavy atom. The highest BCUT2D eigenvalue weighted by Crippen LogP contribution is 2.41. The first-order valence-corrected chi connectivity index (χ1v) is 6.88. The Balaban J connectivity index is 1.98. The molecule has 1 fully saturated rings. The van der Waals surface area contributed by atoms with Gasteiger partial charge in [-0.2, -0.15) is 0 Å². The Hall–Kier alpha value is -0.570. The molecule has 0 amide bonds. The van der Waals surface area contributed by atoms with Crippen LogP contribution < -0.4 is 5.32 Å². The van der Waals surface area contributed by atoms with Gasteiger partial charge in [-0.3, -0.25) is 4.98 Å². The van der Waals surface area contributed by atoms with Crippen molar-refractivity contribution in [3.8, 4) is 0 Å². The molecule has 3 heteroatoms. The molecule has 0 aromatic carbocycles. The maximum absolute atomic E-state index is 4.08. The molecule has 0 spiro atoms. The lowest BCUT2D eigenvalue weighted by Gasteiger charge is -2.28. The Labute approximate surface area is 106 Å². The van der Waals surface area contributed by atoms with Gasteiger partial charge in [0.1, 0.15) is 0 Å². The van der Waals surface area contributed by atoms with Crippen LogP contribution in [-0.4, -0.2) is 11.5 Å². The van der Waals surface area contributed by atoms with Crippen molar-refractivity contribution >= 4 is 21.6 Å². The summed E-state index contributed by atoms with van der Waals surface area (Å²) in [7, 11) is 0. The number of aromatic nitrogens is 1. The minimum Gasteiger partial charge on any atom is -0.383 e. The zero-order valence-electron chi connectivity index (χ0n) is 9.80. The molecular weight excluding hydrogens is 264 g/mol. The van der Waals surface area contributed by atoms with Crippen LogP contribution in [0.25, 0.3) is 0 Å². The van der Waals surface area contributed by atoms with Crippen molar-refractivity contribution < 1.29 is 0 Å². The highest BCUT2D eigenvalue weighted by molar-refractivity contribution is 9.10. The second-order valence-corrected chi connectivity index (χ2v) is 5.62. The second-order valence-electron chi connectivity index (χ2n) is 4.77. The van der Waals surface area contributed by atoms with Crippen LogP contribution in [0, 0.1) is 5.41 Å². The number of nitrogens with zero attached hydrogens (tertiary/aromatic N) is 1. The van der Waals surface area contributed by atoms with Gasteiger partial charge in [-0.15, -0.1) is 0 Å². The number of rotatable bonds is 4. The molecule has 0 atom stereocenters. The van der Waals surface area contributed by atoms with E-state index in [0.717, 1.165) is 16.7 Å². The molecule has 0 bridgehead atoms. The molecule has 1 aromatic heterocycles.